The van der Waals surface area contributed by atoms with Crippen molar-refractivity contribution in [3.63, 3.8) is 0 Å². The minimum atomic E-state index is -0.0718. The normalized spacial score (nSPS) is 18.3. The van der Waals surface area contributed by atoms with Crippen LogP contribution in [0.15, 0.2) is 0 Å². The topological polar surface area (TPSA) is 23.6 Å². The van der Waals surface area contributed by atoms with E-state index in [1.54, 1.807) is 6.92 Å². The van der Waals surface area contributed by atoms with E-state index in [0.717, 1.165) is 26.2 Å². The number of hydrogen-bond acceptors (Lipinski definition) is 2. The van der Waals surface area contributed by atoms with Gasteiger partial charge in [-0.1, -0.05) is 5.92 Å². The third kappa shape index (κ3) is 2.97. The van der Waals surface area contributed by atoms with Crippen LogP contribution in [0, 0.1) is 11.8 Å². The number of hydrogen-bond donors (Lipinski definition) is 0. The largest absolute Gasteiger partial charge is 0.340 e. The minimum Gasteiger partial charge on any atom is -0.340 e. The number of amides is 1. The first kappa shape index (κ1) is 12.1. The Kier molecular flexibility index (Phi) is 3.76. The standard InChI is InChI=1S/C12H20N2O/c1-5-6-12(3,4)14-9-7-13(8-10-14)11(2)15/h7-10H2,1-4H3. The number of piperazine rings is 1. The molecule has 0 N–H and O–H groups in total. The van der Waals surface area contributed by atoms with Crippen LogP contribution in [0.3, 0.4) is 0 Å². The Hall–Kier alpha value is -1.01. The Balaban J connectivity index is 2.56. The molecule has 3 nitrogen and oxygen atoms in total. The van der Waals surface area contributed by atoms with Gasteiger partial charge in [0.25, 0.3) is 0 Å². The van der Waals surface area contributed by atoms with Gasteiger partial charge in [0.05, 0.1) is 5.54 Å². The summed E-state index contributed by atoms with van der Waals surface area (Å²) in [6.07, 6.45) is 0. The van der Waals surface area contributed by atoms with Crippen molar-refractivity contribution >= 4 is 5.91 Å². The summed E-state index contributed by atoms with van der Waals surface area (Å²) >= 11 is 0. The quantitative estimate of drug-likeness (QED) is 0.599. The van der Waals surface area contributed by atoms with Crippen molar-refractivity contribution in [2.24, 2.45) is 0 Å². The van der Waals surface area contributed by atoms with E-state index < -0.39 is 0 Å². The number of nitrogens with zero attached hydrogens (tertiary/aromatic N) is 2. The number of carbonyl (C=O) groups excluding carboxylic acids is 1. The molecule has 3 heteroatoms. The molecule has 0 saturated carbocycles. The van der Waals surface area contributed by atoms with E-state index in [1.807, 2.05) is 11.8 Å². The maximum Gasteiger partial charge on any atom is 0.219 e. The lowest BCUT2D eigenvalue weighted by atomic mass is 10.0. The van der Waals surface area contributed by atoms with Gasteiger partial charge in [-0.25, -0.2) is 0 Å². The van der Waals surface area contributed by atoms with E-state index in [0.29, 0.717) is 0 Å². The van der Waals surface area contributed by atoms with Gasteiger partial charge in [0, 0.05) is 33.1 Å². The van der Waals surface area contributed by atoms with Gasteiger partial charge in [-0.05, 0) is 20.8 Å². The highest BCUT2D eigenvalue weighted by Crippen LogP contribution is 2.15. The highest BCUT2D eigenvalue weighted by molar-refractivity contribution is 5.73. The first-order valence-electron chi connectivity index (χ1n) is 5.42. The predicted octanol–water partition coefficient (Wildman–Crippen LogP) is 0.952. The van der Waals surface area contributed by atoms with Gasteiger partial charge in [-0.15, -0.1) is 5.92 Å². The van der Waals surface area contributed by atoms with Crippen molar-refractivity contribution in [1.82, 2.24) is 9.80 Å². The van der Waals surface area contributed by atoms with Crippen LogP contribution in [0.1, 0.15) is 27.7 Å². The molecule has 0 aromatic heterocycles. The van der Waals surface area contributed by atoms with Gasteiger partial charge >= 0.3 is 0 Å². The molecular formula is C12H20N2O. The Bertz CT molecular complexity index is 290. The van der Waals surface area contributed by atoms with E-state index >= 15 is 0 Å². The lowest BCUT2D eigenvalue weighted by Gasteiger charge is -2.41. The molecule has 1 aliphatic rings. The van der Waals surface area contributed by atoms with Crippen molar-refractivity contribution < 1.29 is 4.79 Å². The monoisotopic (exact) mass is 208 g/mol. The van der Waals surface area contributed by atoms with Crippen molar-refractivity contribution in [2.45, 2.75) is 33.2 Å². The van der Waals surface area contributed by atoms with Gasteiger partial charge in [0.1, 0.15) is 0 Å². The highest BCUT2D eigenvalue weighted by atomic mass is 16.2. The lowest BCUT2D eigenvalue weighted by molar-refractivity contribution is -0.131. The lowest BCUT2D eigenvalue weighted by Crippen LogP contribution is -2.54. The smallest absolute Gasteiger partial charge is 0.219 e. The third-order valence-electron chi connectivity index (χ3n) is 2.95. The van der Waals surface area contributed by atoms with Crippen LogP contribution in [0.4, 0.5) is 0 Å². The van der Waals surface area contributed by atoms with Crippen molar-refractivity contribution in [1.29, 1.82) is 0 Å². The summed E-state index contributed by atoms with van der Waals surface area (Å²) in [7, 11) is 0. The van der Waals surface area contributed by atoms with Crippen LogP contribution >= 0.6 is 0 Å². The third-order valence-corrected chi connectivity index (χ3v) is 2.95. The molecule has 1 saturated heterocycles. The minimum absolute atomic E-state index is 0.0718. The predicted molar refractivity (Wildman–Crippen MR) is 61.4 cm³/mol. The Morgan fingerprint density at radius 1 is 1.20 bits per heavy atom. The van der Waals surface area contributed by atoms with E-state index in [2.05, 4.69) is 30.6 Å². The summed E-state index contributed by atoms with van der Waals surface area (Å²) in [5.41, 5.74) is -0.0718. The van der Waals surface area contributed by atoms with Crippen LogP contribution < -0.4 is 0 Å². The van der Waals surface area contributed by atoms with Crippen molar-refractivity contribution in [3.05, 3.63) is 0 Å². The summed E-state index contributed by atoms with van der Waals surface area (Å²) < 4.78 is 0. The van der Waals surface area contributed by atoms with Crippen molar-refractivity contribution in [3.8, 4) is 11.8 Å². The molecule has 1 amide bonds. The highest BCUT2D eigenvalue weighted by Gasteiger charge is 2.28. The van der Waals surface area contributed by atoms with E-state index in [-0.39, 0.29) is 11.4 Å². The van der Waals surface area contributed by atoms with Gasteiger partial charge in [0.15, 0.2) is 0 Å². The SMILES string of the molecule is CC#CC(C)(C)N1CCN(C(C)=O)CC1. The van der Waals surface area contributed by atoms with Crippen molar-refractivity contribution in [2.75, 3.05) is 26.2 Å². The van der Waals surface area contributed by atoms with Crippen LogP contribution in [0.2, 0.25) is 0 Å². The fraction of sp³-hybridized carbons (Fsp3) is 0.750. The number of carbonyl (C=O) groups is 1. The zero-order valence-electron chi connectivity index (χ0n) is 10.1. The molecular weight excluding hydrogens is 188 g/mol. The zero-order valence-corrected chi connectivity index (χ0v) is 10.1. The first-order valence-corrected chi connectivity index (χ1v) is 5.42. The maximum absolute atomic E-state index is 11.2. The molecule has 1 fully saturated rings. The molecule has 0 aromatic rings. The second kappa shape index (κ2) is 4.67. The number of rotatable bonds is 1. The molecule has 0 bridgehead atoms. The fourth-order valence-corrected chi connectivity index (χ4v) is 1.97. The molecule has 0 aliphatic carbocycles. The summed E-state index contributed by atoms with van der Waals surface area (Å²) in [4.78, 5) is 15.4. The average Bonchev–Trinajstić information content (AvgIpc) is 2.18. The van der Waals surface area contributed by atoms with Crippen LogP contribution in [0.25, 0.3) is 0 Å². The summed E-state index contributed by atoms with van der Waals surface area (Å²) in [6, 6.07) is 0. The zero-order chi connectivity index (χ0) is 11.5. The van der Waals surface area contributed by atoms with E-state index in [4.69, 9.17) is 0 Å². The van der Waals surface area contributed by atoms with Crippen LogP contribution in [-0.2, 0) is 4.79 Å². The molecule has 1 heterocycles. The molecule has 0 radical (unpaired) electrons. The first-order chi connectivity index (χ1) is 6.97. The average molecular weight is 208 g/mol. The molecule has 0 atom stereocenters. The fourth-order valence-electron chi connectivity index (χ4n) is 1.97. The van der Waals surface area contributed by atoms with Gasteiger partial charge in [-0.2, -0.15) is 0 Å². The van der Waals surface area contributed by atoms with Crippen LogP contribution in [0.5, 0.6) is 0 Å². The summed E-state index contributed by atoms with van der Waals surface area (Å²) in [5, 5.41) is 0. The summed E-state index contributed by atoms with van der Waals surface area (Å²) in [5.74, 6) is 6.35. The van der Waals surface area contributed by atoms with Gasteiger partial charge in [-0.3, -0.25) is 9.69 Å². The van der Waals surface area contributed by atoms with Crippen LogP contribution in [-0.4, -0.2) is 47.4 Å². The van der Waals surface area contributed by atoms with E-state index in [1.165, 1.54) is 0 Å². The van der Waals surface area contributed by atoms with E-state index in [9.17, 15) is 4.79 Å². The molecule has 1 aliphatic heterocycles. The Morgan fingerprint density at radius 2 is 1.73 bits per heavy atom. The molecule has 15 heavy (non-hydrogen) atoms. The second-order valence-electron chi connectivity index (χ2n) is 4.43. The molecule has 0 aromatic carbocycles. The Morgan fingerprint density at radius 3 is 2.13 bits per heavy atom. The molecule has 84 valence electrons. The summed E-state index contributed by atoms with van der Waals surface area (Å²) in [6.45, 7) is 11.2. The second-order valence-corrected chi connectivity index (χ2v) is 4.43. The molecule has 0 unspecified atom stereocenters. The molecule has 0 spiro atoms. The maximum atomic E-state index is 11.2. The molecule has 1 rings (SSSR count). The Labute approximate surface area is 92.4 Å². The van der Waals surface area contributed by atoms with Gasteiger partial charge in [0.2, 0.25) is 5.91 Å². The van der Waals surface area contributed by atoms with Gasteiger partial charge < -0.3 is 4.90 Å².